The van der Waals surface area contributed by atoms with Crippen LogP contribution in [0.15, 0.2) is 54.8 Å². The summed E-state index contributed by atoms with van der Waals surface area (Å²) in [5, 5.41) is 0. The van der Waals surface area contributed by atoms with Gasteiger partial charge in [0.2, 0.25) is 0 Å². The van der Waals surface area contributed by atoms with E-state index in [2.05, 4.69) is 12.5 Å². The molecule has 0 unspecified atom stereocenters. The Bertz CT molecular complexity index is 609. The molecular weight excluding hydrogens is 272 g/mol. The maximum atomic E-state index is 12.7. The maximum absolute atomic E-state index is 12.7. The van der Waals surface area contributed by atoms with Crippen LogP contribution in [0.4, 0.5) is 8.78 Å². The first-order valence-electron chi connectivity index (χ1n) is 6.41. The number of nitrogens with zero attached hydrogens (tertiary/aromatic N) is 1. The van der Waals surface area contributed by atoms with Gasteiger partial charge in [-0.3, -0.25) is 0 Å². The van der Waals surface area contributed by atoms with Gasteiger partial charge in [-0.1, -0.05) is 18.6 Å². The predicted octanol–water partition coefficient (Wildman–Crippen LogP) is 3.69. The van der Waals surface area contributed by atoms with E-state index in [-0.39, 0.29) is 13.2 Å². The van der Waals surface area contributed by atoms with E-state index in [1.807, 2.05) is 12.1 Å². The quantitative estimate of drug-likeness (QED) is 0.766. The lowest BCUT2D eigenvalue weighted by molar-refractivity contribution is 0.123. The van der Waals surface area contributed by atoms with Crippen LogP contribution in [-0.2, 0) is 0 Å². The SMILES string of the molecule is C#CCOc1ccc(C2=CC=CC(=C)N2CC(F)F)cc1. The smallest absolute Gasteiger partial charge is 0.256 e. The van der Waals surface area contributed by atoms with Crippen LogP contribution in [0.3, 0.4) is 0 Å². The van der Waals surface area contributed by atoms with Crippen molar-refractivity contribution >= 4 is 5.70 Å². The molecule has 1 aromatic rings. The summed E-state index contributed by atoms with van der Waals surface area (Å²) >= 11 is 0. The fourth-order valence-electron chi connectivity index (χ4n) is 2.04. The molecule has 1 aliphatic heterocycles. The summed E-state index contributed by atoms with van der Waals surface area (Å²) in [4.78, 5) is 1.50. The van der Waals surface area contributed by atoms with E-state index in [1.54, 1.807) is 30.4 Å². The van der Waals surface area contributed by atoms with E-state index in [1.165, 1.54) is 4.90 Å². The average molecular weight is 287 g/mol. The normalized spacial score (nSPS) is 14.1. The third-order valence-corrected chi connectivity index (χ3v) is 2.97. The Balaban J connectivity index is 2.22. The zero-order valence-electron chi connectivity index (χ0n) is 11.4. The van der Waals surface area contributed by atoms with Crippen molar-refractivity contribution in [2.75, 3.05) is 13.2 Å². The number of ether oxygens (including phenoxy) is 1. The van der Waals surface area contributed by atoms with E-state index in [0.29, 0.717) is 17.1 Å². The molecule has 0 fully saturated rings. The molecular formula is C17H15F2NO. The Morgan fingerprint density at radius 2 is 2.00 bits per heavy atom. The second-order valence-corrected chi connectivity index (χ2v) is 4.42. The van der Waals surface area contributed by atoms with Gasteiger partial charge in [-0.05, 0) is 42.0 Å². The van der Waals surface area contributed by atoms with Crippen molar-refractivity contribution in [1.82, 2.24) is 4.90 Å². The molecule has 0 saturated carbocycles. The van der Waals surface area contributed by atoms with Crippen LogP contribution >= 0.6 is 0 Å². The molecule has 0 spiro atoms. The monoisotopic (exact) mass is 287 g/mol. The summed E-state index contributed by atoms with van der Waals surface area (Å²) in [5.74, 6) is 3.02. The first-order valence-corrected chi connectivity index (χ1v) is 6.41. The van der Waals surface area contributed by atoms with Gasteiger partial charge in [0.25, 0.3) is 6.43 Å². The molecule has 1 aliphatic rings. The molecule has 0 saturated heterocycles. The molecule has 0 aromatic heterocycles. The number of halogens is 2. The third kappa shape index (κ3) is 3.73. The Kier molecular flexibility index (Phi) is 4.78. The molecule has 4 heteroatoms. The van der Waals surface area contributed by atoms with E-state index in [9.17, 15) is 8.78 Å². The number of hydrogen-bond donors (Lipinski definition) is 0. The molecule has 0 bridgehead atoms. The van der Waals surface area contributed by atoms with Crippen molar-refractivity contribution in [2.24, 2.45) is 0 Å². The Hall–Kier alpha value is -2.54. The molecule has 0 N–H and O–H groups in total. The van der Waals surface area contributed by atoms with Gasteiger partial charge in [0.15, 0.2) is 0 Å². The van der Waals surface area contributed by atoms with Crippen molar-refractivity contribution < 1.29 is 13.5 Å². The summed E-state index contributed by atoms with van der Waals surface area (Å²) < 4.78 is 30.7. The zero-order valence-corrected chi connectivity index (χ0v) is 11.4. The molecule has 0 amide bonds. The van der Waals surface area contributed by atoms with Gasteiger partial charge in [0.05, 0.1) is 6.54 Å². The van der Waals surface area contributed by atoms with Crippen LogP contribution in [0.1, 0.15) is 5.56 Å². The van der Waals surface area contributed by atoms with Crippen molar-refractivity contribution in [3.05, 3.63) is 60.3 Å². The minimum atomic E-state index is -2.44. The van der Waals surface area contributed by atoms with Gasteiger partial charge < -0.3 is 9.64 Å². The van der Waals surface area contributed by atoms with Gasteiger partial charge in [0, 0.05) is 11.4 Å². The molecule has 108 valence electrons. The lowest BCUT2D eigenvalue weighted by atomic mass is 10.1. The summed E-state index contributed by atoms with van der Waals surface area (Å²) in [5.41, 5.74) is 2.04. The third-order valence-electron chi connectivity index (χ3n) is 2.97. The first-order chi connectivity index (χ1) is 10.1. The first kappa shape index (κ1) is 14.9. The second-order valence-electron chi connectivity index (χ2n) is 4.42. The summed E-state index contributed by atoms with van der Waals surface area (Å²) in [6.45, 7) is 3.61. The molecule has 0 atom stereocenters. The predicted molar refractivity (Wildman–Crippen MR) is 79.7 cm³/mol. The van der Waals surface area contributed by atoms with Gasteiger partial charge >= 0.3 is 0 Å². The summed E-state index contributed by atoms with van der Waals surface area (Å²) in [6, 6.07) is 7.13. The highest BCUT2D eigenvalue weighted by Crippen LogP contribution is 2.28. The van der Waals surface area contributed by atoms with E-state index >= 15 is 0 Å². The van der Waals surface area contributed by atoms with Crippen LogP contribution in [0.5, 0.6) is 5.75 Å². The Morgan fingerprint density at radius 3 is 2.62 bits per heavy atom. The summed E-state index contributed by atoms with van der Waals surface area (Å²) in [7, 11) is 0. The topological polar surface area (TPSA) is 12.5 Å². The highest BCUT2D eigenvalue weighted by atomic mass is 19.3. The van der Waals surface area contributed by atoms with Crippen molar-refractivity contribution in [3.63, 3.8) is 0 Å². The maximum Gasteiger partial charge on any atom is 0.256 e. The van der Waals surface area contributed by atoms with Gasteiger partial charge in [-0.25, -0.2) is 8.78 Å². The largest absolute Gasteiger partial charge is 0.481 e. The van der Waals surface area contributed by atoms with Crippen LogP contribution in [0.2, 0.25) is 0 Å². The van der Waals surface area contributed by atoms with Crippen LogP contribution < -0.4 is 4.74 Å². The average Bonchev–Trinajstić information content (AvgIpc) is 2.47. The van der Waals surface area contributed by atoms with Gasteiger partial charge in [0.1, 0.15) is 12.4 Å². The molecule has 2 rings (SSSR count). The molecule has 0 aliphatic carbocycles. The molecule has 1 aromatic carbocycles. The van der Waals surface area contributed by atoms with E-state index < -0.39 is 6.43 Å². The number of rotatable bonds is 5. The number of allylic oxidation sites excluding steroid dienone is 3. The zero-order chi connectivity index (χ0) is 15.2. The standard InChI is InChI=1S/C17H15F2NO/c1-3-11-21-15-9-7-14(8-10-15)16-6-4-5-13(2)20(16)12-17(18)19/h1,4-10,17H,2,11-12H2. The van der Waals surface area contributed by atoms with Gasteiger partial charge in [-0.15, -0.1) is 6.42 Å². The molecule has 0 radical (unpaired) electrons. The fourth-order valence-corrected chi connectivity index (χ4v) is 2.04. The van der Waals surface area contributed by atoms with Gasteiger partial charge in [-0.2, -0.15) is 0 Å². The van der Waals surface area contributed by atoms with E-state index in [4.69, 9.17) is 11.2 Å². The van der Waals surface area contributed by atoms with Crippen LogP contribution in [0.25, 0.3) is 5.70 Å². The van der Waals surface area contributed by atoms with Crippen LogP contribution in [-0.4, -0.2) is 24.5 Å². The summed E-state index contributed by atoms with van der Waals surface area (Å²) in [6.07, 6.45) is 7.97. The van der Waals surface area contributed by atoms with Crippen molar-refractivity contribution in [3.8, 4) is 18.1 Å². The molecule has 21 heavy (non-hydrogen) atoms. The number of alkyl halides is 2. The number of hydrogen-bond acceptors (Lipinski definition) is 2. The van der Waals surface area contributed by atoms with E-state index in [0.717, 1.165) is 5.56 Å². The molecule has 1 heterocycles. The highest BCUT2D eigenvalue weighted by Gasteiger charge is 2.19. The second kappa shape index (κ2) is 6.76. The fraction of sp³-hybridized carbons (Fsp3) is 0.176. The van der Waals surface area contributed by atoms with Crippen LogP contribution in [0, 0.1) is 12.3 Å². The minimum Gasteiger partial charge on any atom is -0.481 e. The Labute approximate surface area is 123 Å². The highest BCUT2D eigenvalue weighted by molar-refractivity contribution is 5.70. The lowest BCUT2D eigenvalue weighted by Gasteiger charge is -2.29. The van der Waals surface area contributed by atoms with Crippen molar-refractivity contribution in [1.29, 1.82) is 0 Å². The van der Waals surface area contributed by atoms with Crippen molar-refractivity contribution in [2.45, 2.75) is 6.43 Å². The minimum absolute atomic E-state index is 0.194. The number of terminal acetylenes is 1. The lowest BCUT2D eigenvalue weighted by Crippen LogP contribution is -2.27. The Morgan fingerprint density at radius 1 is 1.29 bits per heavy atom. The number of benzene rings is 1. The molecule has 2 nitrogen and oxygen atoms in total.